The maximum absolute atomic E-state index is 13.6. The van der Waals surface area contributed by atoms with Crippen LogP contribution in [-0.4, -0.2) is 56.5 Å². The SMILES string of the molecule is COC(=O)c1ccc2c(c1C)CC[C@@H]2NC(=O)c1cc(C(=O)NCc2ccc3c(c2)CN(c2c(N)c(=O)c2=O)CC3)nc2nnnn12. The molecule has 4 N–H and O–H groups in total. The third-order valence-electron chi connectivity index (χ3n) is 9.02. The molecule has 47 heavy (non-hydrogen) atoms. The summed E-state index contributed by atoms with van der Waals surface area (Å²) in [6.45, 7) is 3.02. The van der Waals surface area contributed by atoms with Crippen molar-refractivity contribution in [3.63, 3.8) is 0 Å². The van der Waals surface area contributed by atoms with Crippen molar-refractivity contribution in [2.75, 3.05) is 24.3 Å². The zero-order chi connectivity index (χ0) is 33.0. The molecular formula is C32H29N9O6. The Morgan fingerprint density at radius 1 is 1.04 bits per heavy atom. The predicted molar refractivity (Wildman–Crippen MR) is 168 cm³/mol. The number of tetrazole rings is 1. The molecule has 3 heterocycles. The van der Waals surface area contributed by atoms with Crippen LogP contribution in [0.2, 0.25) is 0 Å². The number of amides is 2. The van der Waals surface area contributed by atoms with Crippen molar-refractivity contribution in [2.24, 2.45) is 0 Å². The number of methoxy groups -OCH3 is 1. The summed E-state index contributed by atoms with van der Waals surface area (Å²) in [6, 6.07) is 10.4. The number of nitrogens with zero attached hydrogens (tertiary/aromatic N) is 6. The number of ether oxygens (including phenoxy) is 1. The number of fused-ring (bicyclic) bond motifs is 3. The molecule has 0 unspecified atom stereocenters. The molecule has 0 bridgehead atoms. The van der Waals surface area contributed by atoms with Crippen molar-refractivity contribution in [3.05, 3.63) is 107 Å². The highest BCUT2D eigenvalue weighted by Gasteiger charge is 2.30. The Kier molecular flexibility index (Phi) is 7.22. The zero-order valence-electron chi connectivity index (χ0n) is 25.5. The average molecular weight is 636 g/mol. The summed E-state index contributed by atoms with van der Waals surface area (Å²) in [4.78, 5) is 68.7. The molecule has 2 aromatic heterocycles. The van der Waals surface area contributed by atoms with Crippen LogP contribution >= 0.6 is 0 Å². The molecule has 5 aromatic rings. The quantitative estimate of drug-likeness (QED) is 0.167. The lowest BCUT2D eigenvalue weighted by atomic mass is 9.96. The van der Waals surface area contributed by atoms with Crippen molar-refractivity contribution in [1.29, 1.82) is 0 Å². The third-order valence-corrected chi connectivity index (χ3v) is 9.02. The minimum Gasteiger partial charge on any atom is -0.465 e. The molecule has 0 fully saturated rings. The molecule has 0 saturated carbocycles. The molecule has 2 amide bonds. The number of nitrogen functional groups attached to an aromatic ring is 1. The van der Waals surface area contributed by atoms with Crippen LogP contribution < -0.4 is 32.1 Å². The molecule has 15 nitrogen and oxygen atoms in total. The van der Waals surface area contributed by atoms with Crippen molar-refractivity contribution in [3.8, 4) is 0 Å². The van der Waals surface area contributed by atoms with Gasteiger partial charge in [0.15, 0.2) is 0 Å². The number of rotatable bonds is 7. The van der Waals surface area contributed by atoms with E-state index in [1.807, 2.05) is 36.1 Å². The van der Waals surface area contributed by atoms with Crippen LogP contribution in [0.25, 0.3) is 5.78 Å². The van der Waals surface area contributed by atoms with E-state index >= 15 is 0 Å². The van der Waals surface area contributed by atoms with Gasteiger partial charge in [0.25, 0.3) is 28.4 Å². The number of carbonyl (C=O) groups is 3. The van der Waals surface area contributed by atoms with Crippen LogP contribution in [0.1, 0.15) is 77.2 Å². The van der Waals surface area contributed by atoms with Gasteiger partial charge in [-0.1, -0.05) is 29.4 Å². The van der Waals surface area contributed by atoms with Crippen molar-refractivity contribution in [2.45, 2.75) is 45.3 Å². The van der Waals surface area contributed by atoms with E-state index < -0.39 is 28.6 Å². The number of aromatic nitrogens is 5. The first-order valence-corrected chi connectivity index (χ1v) is 15.0. The fourth-order valence-corrected chi connectivity index (χ4v) is 6.51. The first kappa shape index (κ1) is 29.7. The largest absolute Gasteiger partial charge is 0.465 e. The van der Waals surface area contributed by atoms with Gasteiger partial charge in [0, 0.05) is 25.7 Å². The smallest absolute Gasteiger partial charge is 0.338 e. The summed E-state index contributed by atoms with van der Waals surface area (Å²) in [5.74, 6) is -1.45. The van der Waals surface area contributed by atoms with Gasteiger partial charge in [0.05, 0.1) is 18.7 Å². The Balaban J connectivity index is 1.06. The van der Waals surface area contributed by atoms with E-state index in [2.05, 4.69) is 31.1 Å². The summed E-state index contributed by atoms with van der Waals surface area (Å²) in [5, 5.41) is 17.2. The molecular weight excluding hydrogens is 606 g/mol. The monoisotopic (exact) mass is 635 g/mol. The minimum absolute atomic E-state index is 0.000327. The number of esters is 1. The second-order valence-electron chi connectivity index (χ2n) is 11.7. The van der Waals surface area contributed by atoms with E-state index in [1.165, 1.54) is 17.7 Å². The number of nitrogens with one attached hydrogen (secondary N) is 2. The highest BCUT2D eigenvalue weighted by Crippen LogP contribution is 2.35. The number of nitrogens with two attached hydrogens (primary N) is 1. The van der Waals surface area contributed by atoms with Gasteiger partial charge in [-0.15, -0.1) is 0 Å². The second kappa shape index (κ2) is 11.4. The zero-order valence-corrected chi connectivity index (χ0v) is 25.5. The summed E-state index contributed by atoms with van der Waals surface area (Å²) in [5.41, 5.74) is 10.9. The van der Waals surface area contributed by atoms with Gasteiger partial charge >= 0.3 is 5.97 Å². The van der Waals surface area contributed by atoms with Crippen molar-refractivity contribution < 1.29 is 19.1 Å². The minimum atomic E-state index is -0.647. The van der Waals surface area contributed by atoms with Crippen LogP contribution in [0.4, 0.5) is 11.4 Å². The van der Waals surface area contributed by atoms with Gasteiger partial charge in [0.1, 0.15) is 22.8 Å². The Morgan fingerprint density at radius 2 is 1.87 bits per heavy atom. The normalized spacial score (nSPS) is 15.4. The van der Waals surface area contributed by atoms with Gasteiger partial charge < -0.3 is 26.0 Å². The molecule has 0 saturated heterocycles. The second-order valence-corrected chi connectivity index (χ2v) is 11.7. The Hall–Kier alpha value is -5.99. The lowest BCUT2D eigenvalue weighted by Crippen LogP contribution is -2.44. The van der Waals surface area contributed by atoms with E-state index in [0.29, 0.717) is 37.9 Å². The Bertz CT molecular complexity index is 2200. The molecule has 7 rings (SSSR count). The highest BCUT2D eigenvalue weighted by molar-refractivity contribution is 5.98. The van der Waals surface area contributed by atoms with Gasteiger partial charge in [-0.25, -0.2) is 9.78 Å². The molecule has 2 aliphatic rings. The van der Waals surface area contributed by atoms with E-state index in [1.54, 1.807) is 6.07 Å². The summed E-state index contributed by atoms with van der Waals surface area (Å²) in [7, 11) is 1.34. The molecule has 1 aliphatic carbocycles. The van der Waals surface area contributed by atoms with E-state index in [4.69, 9.17) is 10.5 Å². The fourth-order valence-electron chi connectivity index (χ4n) is 6.51. The van der Waals surface area contributed by atoms with Crippen LogP contribution in [0.15, 0.2) is 46.0 Å². The van der Waals surface area contributed by atoms with E-state index in [9.17, 15) is 24.0 Å². The average Bonchev–Trinajstić information content (AvgIpc) is 3.74. The van der Waals surface area contributed by atoms with Gasteiger partial charge in [0.2, 0.25) is 0 Å². The number of hydrogen-bond donors (Lipinski definition) is 3. The highest BCUT2D eigenvalue weighted by atomic mass is 16.5. The number of hydrogen-bond acceptors (Lipinski definition) is 12. The molecule has 1 atom stereocenters. The molecule has 1 aliphatic heterocycles. The standard InChI is InChI=1S/C32H29N9O6/c1-15-19-7-8-22(21(19)6-5-20(15)31(46)47-2)35-30(45)24-12-23(36-32-37-38-39-41(24)32)29(44)34-13-16-3-4-17-9-10-40(14-18(17)11-16)26-25(33)27(42)28(26)43/h3-6,11-12,22H,7-10,13-14,33H2,1-2H3,(H,34,44)(H,35,45)/t22-/m0/s1. The molecule has 238 valence electrons. The maximum atomic E-state index is 13.6. The first-order valence-electron chi connectivity index (χ1n) is 15.0. The van der Waals surface area contributed by atoms with Crippen LogP contribution in [0, 0.1) is 6.92 Å². The Morgan fingerprint density at radius 3 is 2.66 bits per heavy atom. The van der Waals surface area contributed by atoms with E-state index in [-0.39, 0.29) is 41.1 Å². The number of anilines is 2. The lowest BCUT2D eigenvalue weighted by Gasteiger charge is -2.32. The van der Waals surface area contributed by atoms with Gasteiger partial charge in [-0.05, 0) is 76.1 Å². The molecule has 15 heteroatoms. The van der Waals surface area contributed by atoms with E-state index in [0.717, 1.165) is 33.4 Å². The Labute approximate surface area is 266 Å². The third kappa shape index (κ3) is 5.05. The van der Waals surface area contributed by atoms with Gasteiger partial charge in [-0.3, -0.25) is 19.2 Å². The fraction of sp³-hybridized carbons (Fsp3) is 0.281. The lowest BCUT2D eigenvalue weighted by molar-refractivity contribution is 0.0599. The van der Waals surface area contributed by atoms with Crippen molar-refractivity contribution in [1.82, 2.24) is 35.7 Å². The first-order chi connectivity index (χ1) is 22.6. The molecule has 0 spiro atoms. The van der Waals surface area contributed by atoms with Crippen LogP contribution in [0.3, 0.4) is 0 Å². The van der Waals surface area contributed by atoms with Crippen molar-refractivity contribution >= 4 is 34.9 Å². The number of benzene rings is 2. The van der Waals surface area contributed by atoms with Gasteiger partial charge in [-0.2, -0.15) is 4.52 Å². The summed E-state index contributed by atoms with van der Waals surface area (Å²) >= 11 is 0. The number of carbonyl (C=O) groups excluding carboxylic acids is 3. The molecule has 0 radical (unpaired) electrons. The predicted octanol–water partition coefficient (Wildman–Crippen LogP) is 0.703. The van der Waals surface area contributed by atoms with Crippen LogP contribution in [0.5, 0.6) is 0 Å². The summed E-state index contributed by atoms with van der Waals surface area (Å²) in [6.07, 6.45) is 1.98. The summed E-state index contributed by atoms with van der Waals surface area (Å²) < 4.78 is 6.06. The topological polar surface area (TPSA) is 204 Å². The molecule has 3 aromatic carbocycles. The van der Waals surface area contributed by atoms with Crippen LogP contribution in [-0.2, 0) is 30.7 Å². The maximum Gasteiger partial charge on any atom is 0.338 e.